The molecule has 0 saturated heterocycles. The monoisotopic (exact) mass is 220 g/mol. The molecule has 0 aliphatic heterocycles. The quantitative estimate of drug-likeness (QED) is 0.607. The Bertz CT molecular complexity index is 529. The molecule has 82 valence electrons. The van der Waals surface area contributed by atoms with Gasteiger partial charge in [-0.3, -0.25) is 10.1 Å². The molecule has 2 N–H and O–H groups in total. The lowest BCUT2D eigenvalue weighted by Crippen LogP contribution is -1.96. The summed E-state index contributed by atoms with van der Waals surface area (Å²) in [7, 11) is 0. The maximum atomic E-state index is 10.4. The minimum Gasteiger partial charge on any atom is -0.397 e. The first-order valence-electron chi connectivity index (χ1n) is 4.42. The molecular weight excluding hydrogens is 212 g/mol. The van der Waals surface area contributed by atoms with Crippen molar-refractivity contribution in [1.29, 1.82) is 0 Å². The lowest BCUT2D eigenvalue weighted by atomic mass is 10.3. The van der Waals surface area contributed by atoms with Gasteiger partial charge >= 0.3 is 5.88 Å². The molecule has 0 saturated carbocycles. The Morgan fingerprint density at radius 3 is 2.75 bits per heavy atom. The maximum absolute atomic E-state index is 10.4. The number of hydrogen-bond acceptors (Lipinski definition) is 6. The van der Waals surface area contributed by atoms with E-state index in [1.54, 1.807) is 13.0 Å². The molecule has 0 aliphatic rings. The van der Waals surface area contributed by atoms with Gasteiger partial charge in [0.25, 0.3) is 0 Å². The van der Waals surface area contributed by atoms with Gasteiger partial charge in [-0.05, 0) is 13.0 Å². The zero-order valence-electron chi connectivity index (χ0n) is 8.38. The van der Waals surface area contributed by atoms with Gasteiger partial charge in [0.15, 0.2) is 11.6 Å². The molecule has 0 aromatic carbocycles. The predicted molar refractivity (Wildman–Crippen MR) is 55.5 cm³/mol. The lowest BCUT2D eigenvalue weighted by molar-refractivity contribution is -0.401. The summed E-state index contributed by atoms with van der Waals surface area (Å²) in [5.41, 5.74) is 6.20. The predicted octanol–water partition coefficient (Wildman–Crippen LogP) is 1.54. The molecule has 7 heteroatoms. The zero-order chi connectivity index (χ0) is 11.7. The zero-order valence-corrected chi connectivity index (χ0v) is 8.38. The van der Waals surface area contributed by atoms with Crippen molar-refractivity contribution in [3.05, 3.63) is 34.0 Å². The molecule has 0 spiro atoms. The summed E-state index contributed by atoms with van der Waals surface area (Å²) in [5.74, 6) is 0.410. The topological polar surface area (TPSA) is 108 Å². The van der Waals surface area contributed by atoms with E-state index < -0.39 is 4.92 Å². The smallest absolute Gasteiger partial charge is 0.397 e. The van der Waals surface area contributed by atoms with Crippen LogP contribution in [0.4, 0.5) is 11.7 Å². The van der Waals surface area contributed by atoms with E-state index in [4.69, 9.17) is 10.2 Å². The number of nitrogens with zero attached hydrogens (tertiary/aromatic N) is 3. The average molecular weight is 220 g/mol. The van der Waals surface area contributed by atoms with Crippen molar-refractivity contribution < 1.29 is 9.34 Å². The number of nitro groups is 1. The van der Waals surface area contributed by atoms with Crippen LogP contribution in [0.3, 0.4) is 0 Å². The van der Waals surface area contributed by atoms with E-state index in [-0.39, 0.29) is 17.5 Å². The molecule has 16 heavy (non-hydrogen) atoms. The molecule has 2 rings (SSSR count). The first kappa shape index (κ1) is 10.1. The highest BCUT2D eigenvalue weighted by molar-refractivity contribution is 5.51. The summed E-state index contributed by atoms with van der Waals surface area (Å²) in [6.07, 6.45) is 0. The van der Waals surface area contributed by atoms with Gasteiger partial charge in [0, 0.05) is 11.8 Å². The molecule has 0 bridgehead atoms. The summed E-state index contributed by atoms with van der Waals surface area (Å²) < 4.78 is 4.96. The maximum Gasteiger partial charge on any atom is 0.433 e. The van der Waals surface area contributed by atoms with Crippen LogP contribution in [0, 0.1) is 17.0 Å². The van der Waals surface area contributed by atoms with Gasteiger partial charge in [0.2, 0.25) is 0 Å². The minimum absolute atomic E-state index is 0.224. The Morgan fingerprint density at radius 1 is 1.44 bits per heavy atom. The van der Waals surface area contributed by atoms with Crippen molar-refractivity contribution in [2.24, 2.45) is 0 Å². The van der Waals surface area contributed by atoms with Gasteiger partial charge < -0.3 is 10.2 Å². The van der Waals surface area contributed by atoms with Crippen LogP contribution in [0.25, 0.3) is 11.6 Å². The molecule has 0 fully saturated rings. The van der Waals surface area contributed by atoms with Gasteiger partial charge in [-0.25, -0.2) is 9.97 Å². The highest BCUT2D eigenvalue weighted by Gasteiger charge is 2.15. The van der Waals surface area contributed by atoms with E-state index in [1.807, 2.05) is 0 Å². The van der Waals surface area contributed by atoms with Crippen molar-refractivity contribution in [2.45, 2.75) is 6.92 Å². The highest BCUT2D eigenvalue weighted by Crippen LogP contribution is 2.23. The Hall–Kier alpha value is -2.44. The molecule has 2 aromatic rings. The number of nitrogen functional groups attached to an aromatic ring is 1. The van der Waals surface area contributed by atoms with Crippen LogP contribution in [-0.2, 0) is 0 Å². The van der Waals surface area contributed by atoms with Gasteiger partial charge in [0.05, 0.1) is 6.07 Å². The van der Waals surface area contributed by atoms with Crippen molar-refractivity contribution in [2.75, 3.05) is 5.73 Å². The van der Waals surface area contributed by atoms with E-state index in [1.165, 1.54) is 12.1 Å². The number of nitrogens with two attached hydrogens (primary N) is 1. The molecule has 0 unspecified atom stereocenters. The minimum atomic E-state index is -0.622. The molecule has 0 amide bonds. The number of furan rings is 1. The van der Waals surface area contributed by atoms with Crippen LogP contribution < -0.4 is 5.73 Å². The highest BCUT2D eigenvalue weighted by atomic mass is 16.6. The van der Waals surface area contributed by atoms with Crippen LogP contribution in [0.5, 0.6) is 0 Å². The van der Waals surface area contributed by atoms with Crippen LogP contribution in [0.1, 0.15) is 5.69 Å². The SMILES string of the molecule is Cc1cc(N)nc(-c2ccc([N+](=O)[O-])o2)n1. The lowest BCUT2D eigenvalue weighted by Gasteiger charge is -1.98. The van der Waals surface area contributed by atoms with Crippen molar-refractivity contribution in [3.8, 4) is 11.6 Å². The number of anilines is 1. The van der Waals surface area contributed by atoms with E-state index >= 15 is 0 Å². The molecule has 7 nitrogen and oxygen atoms in total. The first-order valence-corrected chi connectivity index (χ1v) is 4.42. The van der Waals surface area contributed by atoms with Gasteiger partial charge in [-0.15, -0.1) is 0 Å². The second-order valence-corrected chi connectivity index (χ2v) is 3.15. The van der Waals surface area contributed by atoms with Crippen LogP contribution in [0.15, 0.2) is 22.6 Å². The standard InChI is InChI=1S/C9H8N4O3/c1-5-4-7(10)12-9(11-5)6-2-3-8(16-6)13(14)15/h2-4H,1H3,(H2,10,11,12). The van der Waals surface area contributed by atoms with Gasteiger partial charge in [-0.2, -0.15) is 0 Å². The Morgan fingerprint density at radius 2 is 2.19 bits per heavy atom. The summed E-state index contributed by atoms with van der Waals surface area (Å²) >= 11 is 0. The van der Waals surface area contributed by atoms with Gasteiger partial charge in [-0.1, -0.05) is 0 Å². The van der Waals surface area contributed by atoms with Gasteiger partial charge in [0.1, 0.15) is 10.7 Å². The third-order valence-corrected chi connectivity index (χ3v) is 1.87. The fraction of sp³-hybridized carbons (Fsp3) is 0.111. The Kier molecular flexibility index (Phi) is 2.28. The third-order valence-electron chi connectivity index (χ3n) is 1.87. The summed E-state index contributed by atoms with van der Waals surface area (Å²) in [5, 5.41) is 10.4. The number of hydrogen-bond donors (Lipinski definition) is 1. The van der Waals surface area contributed by atoms with Crippen molar-refractivity contribution >= 4 is 11.7 Å². The summed E-state index contributed by atoms with van der Waals surface area (Å²) in [6, 6.07) is 4.28. The third kappa shape index (κ3) is 1.83. The second-order valence-electron chi connectivity index (χ2n) is 3.15. The molecular formula is C9H8N4O3. The summed E-state index contributed by atoms with van der Waals surface area (Å²) in [6.45, 7) is 1.75. The molecule has 0 atom stereocenters. The molecule has 2 aromatic heterocycles. The van der Waals surface area contributed by atoms with E-state index in [0.717, 1.165) is 0 Å². The fourth-order valence-corrected chi connectivity index (χ4v) is 1.25. The van der Waals surface area contributed by atoms with Crippen molar-refractivity contribution in [1.82, 2.24) is 9.97 Å². The Labute approximate surface area is 90.1 Å². The molecule has 0 radical (unpaired) electrons. The number of rotatable bonds is 2. The van der Waals surface area contributed by atoms with E-state index in [0.29, 0.717) is 11.5 Å². The fourth-order valence-electron chi connectivity index (χ4n) is 1.25. The van der Waals surface area contributed by atoms with Crippen LogP contribution in [0.2, 0.25) is 0 Å². The number of aromatic nitrogens is 2. The van der Waals surface area contributed by atoms with Crippen LogP contribution >= 0.6 is 0 Å². The average Bonchev–Trinajstić information content (AvgIpc) is 2.64. The second kappa shape index (κ2) is 3.61. The van der Waals surface area contributed by atoms with Crippen molar-refractivity contribution in [3.63, 3.8) is 0 Å². The largest absolute Gasteiger partial charge is 0.433 e. The Balaban J connectivity index is 2.46. The van der Waals surface area contributed by atoms with Crippen LogP contribution in [-0.4, -0.2) is 14.9 Å². The normalized spacial score (nSPS) is 10.3. The van der Waals surface area contributed by atoms with E-state index in [9.17, 15) is 10.1 Å². The molecule has 0 aliphatic carbocycles. The first-order chi connectivity index (χ1) is 7.56. The summed E-state index contributed by atoms with van der Waals surface area (Å²) in [4.78, 5) is 17.8. The number of aryl methyl sites for hydroxylation is 1. The van der Waals surface area contributed by atoms with E-state index in [2.05, 4.69) is 9.97 Å². The molecule has 2 heterocycles.